The highest BCUT2D eigenvalue weighted by Gasteiger charge is 2.20. The predicted molar refractivity (Wildman–Crippen MR) is 69.2 cm³/mol. The van der Waals surface area contributed by atoms with Crippen LogP contribution in [0.15, 0.2) is 30.5 Å². The number of carbonyl (C=O) groups is 3. The topological polar surface area (TPSA) is 76.4 Å². The number of benzene rings is 1. The summed E-state index contributed by atoms with van der Waals surface area (Å²) in [5.41, 5.74) is 1.29. The summed E-state index contributed by atoms with van der Waals surface area (Å²) in [5.74, 6) is -3.12. The molecule has 0 aliphatic rings. The zero-order valence-electron chi connectivity index (χ0n) is 10.4. The number of carboxylic acids is 1. The van der Waals surface area contributed by atoms with Crippen molar-refractivity contribution in [3.05, 3.63) is 36.0 Å². The van der Waals surface area contributed by atoms with Crippen molar-refractivity contribution in [2.24, 2.45) is 0 Å². The third kappa shape index (κ3) is 2.40. The van der Waals surface area contributed by atoms with Gasteiger partial charge in [-0.15, -0.1) is 0 Å². The number of aromatic nitrogens is 1. The van der Waals surface area contributed by atoms with E-state index in [9.17, 15) is 14.4 Å². The minimum absolute atomic E-state index is 0.395. The first-order chi connectivity index (χ1) is 9.04. The molecular formula is C14H13NO4. The lowest BCUT2D eigenvalue weighted by molar-refractivity contribution is -0.148. The van der Waals surface area contributed by atoms with Gasteiger partial charge in [-0.2, -0.15) is 0 Å². The summed E-state index contributed by atoms with van der Waals surface area (Å²) in [6.45, 7) is 2.64. The highest BCUT2D eigenvalue weighted by molar-refractivity contribution is 6.37. The van der Waals surface area contributed by atoms with E-state index in [4.69, 9.17) is 5.11 Å². The van der Waals surface area contributed by atoms with Gasteiger partial charge in [-0.1, -0.05) is 18.2 Å². The fraction of sp³-hybridized carbons (Fsp3) is 0.214. The molecular weight excluding hydrogens is 246 g/mol. The Hall–Kier alpha value is -2.43. The Bertz CT molecular complexity index is 669. The fourth-order valence-corrected chi connectivity index (χ4v) is 2.05. The minimum Gasteiger partial charge on any atom is -0.475 e. The number of carbonyl (C=O) groups excluding carboxylic acids is 2. The van der Waals surface area contributed by atoms with Crippen LogP contribution in [0.4, 0.5) is 0 Å². The molecule has 0 bridgehead atoms. The second-order valence-corrected chi connectivity index (χ2v) is 4.17. The molecule has 0 unspecified atom stereocenters. The Kier molecular flexibility index (Phi) is 3.46. The normalized spacial score (nSPS) is 10.6. The van der Waals surface area contributed by atoms with E-state index in [0.29, 0.717) is 12.1 Å². The van der Waals surface area contributed by atoms with Crippen molar-refractivity contribution in [3.8, 4) is 0 Å². The molecule has 98 valence electrons. The molecule has 0 atom stereocenters. The summed E-state index contributed by atoms with van der Waals surface area (Å²) in [5, 5.41) is 9.28. The lowest BCUT2D eigenvalue weighted by Gasteiger charge is -1.97. The summed E-state index contributed by atoms with van der Waals surface area (Å²) in [6, 6.07) is 7.35. The smallest absolute Gasteiger partial charge is 0.372 e. The van der Waals surface area contributed by atoms with Crippen LogP contribution in [0.5, 0.6) is 0 Å². The Morgan fingerprint density at radius 2 is 1.89 bits per heavy atom. The summed E-state index contributed by atoms with van der Waals surface area (Å²) in [7, 11) is 0. The number of ketones is 2. The molecule has 2 aromatic rings. The molecule has 0 saturated carbocycles. The Labute approximate surface area is 109 Å². The molecule has 1 heterocycles. The number of para-hydroxylation sites is 1. The third-order valence-corrected chi connectivity index (χ3v) is 2.99. The van der Waals surface area contributed by atoms with Crippen LogP contribution in [0.3, 0.4) is 0 Å². The number of fused-ring (bicyclic) bond motifs is 1. The van der Waals surface area contributed by atoms with Crippen molar-refractivity contribution in [1.82, 2.24) is 4.57 Å². The van der Waals surface area contributed by atoms with E-state index in [1.807, 2.05) is 23.6 Å². The highest BCUT2D eigenvalue weighted by Crippen LogP contribution is 2.22. The van der Waals surface area contributed by atoms with Crippen molar-refractivity contribution in [2.45, 2.75) is 19.9 Å². The van der Waals surface area contributed by atoms with Gasteiger partial charge in [0.2, 0.25) is 5.78 Å². The summed E-state index contributed by atoms with van der Waals surface area (Å²) < 4.78 is 1.90. The second kappa shape index (κ2) is 5.06. The number of nitrogens with zero attached hydrogens (tertiary/aromatic N) is 1. The summed E-state index contributed by atoms with van der Waals surface area (Å²) >= 11 is 0. The Morgan fingerprint density at radius 3 is 2.53 bits per heavy atom. The number of carboxylic acid groups (broad SMARTS) is 1. The van der Waals surface area contributed by atoms with Crippen LogP contribution in [0.25, 0.3) is 10.9 Å². The number of hydrogen-bond donors (Lipinski definition) is 1. The van der Waals surface area contributed by atoms with Gasteiger partial charge in [0.1, 0.15) is 0 Å². The average molecular weight is 259 g/mol. The summed E-state index contributed by atoms with van der Waals surface area (Å²) in [4.78, 5) is 33.6. The van der Waals surface area contributed by atoms with E-state index < -0.39 is 24.0 Å². The molecule has 5 nitrogen and oxygen atoms in total. The molecule has 2 rings (SSSR count). The van der Waals surface area contributed by atoms with E-state index in [2.05, 4.69) is 0 Å². The molecule has 0 aliphatic heterocycles. The van der Waals surface area contributed by atoms with Crippen molar-refractivity contribution in [3.63, 3.8) is 0 Å². The van der Waals surface area contributed by atoms with Gasteiger partial charge in [0.15, 0.2) is 5.78 Å². The largest absolute Gasteiger partial charge is 0.475 e. The van der Waals surface area contributed by atoms with Gasteiger partial charge in [-0.05, 0) is 13.0 Å². The van der Waals surface area contributed by atoms with E-state index in [0.717, 1.165) is 10.9 Å². The zero-order valence-corrected chi connectivity index (χ0v) is 10.4. The third-order valence-electron chi connectivity index (χ3n) is 2.99. The molecule has 5 heteroatoms. The van der Waals surface area contributed by atoms with Crippen LogP contribution in [-0.2, 0) is 16.1 Å². The molecule has 0 aliphatic carbocycles. The van der Waals surface area contributed by atoms with E-state index >= 15 is 0 Å². The first-order valence-electron chi connectivity index (χ1n) is 5.91. The van der Waals surface area contributed by atoms with Gasteiger partial charge in [0.05, 0.1) is 6.42 Å². The van der Waals surface area contributed by atoms with Crippen LogP contribution < -0.4 is 0 Å². The molecule has 0 saturated heterocycles. The molecule has 0 amide bonds. The highest BCUT2D eigenvalue weighted by atomic mass is 16.4. The van der Waals surface area contributed by atoms with Gasteiger partial charge in [-0.25, -0.2) is 4.79 Å². The van der Waals surface area contributed by atoms with Crippen molar-refractivity contribution in [2.75, 3.05) is 0 Å². The monoisotopic (exact) mass is 259 g/mol. The van der Waals surface area contributed by atoms with Crippen LogP contribution in [0.2, 0.25) is 0 Å². The van der Waals surface area contributed by atoms with Gasteiger partial charge >= 0.3 is 5.97 Å². The van der Waals surface area contributed by atoms with Crippen LogP contribution in [-0.4, -0.2) is 27.2 Å². The molecule has 1 aromatic carbocycles. The van der Waals surface area contributed by atoms with Gasteiger partial charge in [-0.3, -0.25) is 9.59 Å². The lowest BCUT2D eigenvalue weighted by atomic mass is 10.1. The number of Topliss-reactive ketones (excluding diaryl/α,β-unsaturated/α-hetero) is 2. The first-order valence-corrected chi connectivity index (χ1v) is 5.91. The fourth-order valence-electron chi connectivity index (χ4n) is 2.05. The SMILES string of the molecule is CCn1cc(C(=O)CC(=O)C(=O)O)c2ccccc21. The molecule has 0 fully saturated rings. The van der Waals surface area contributed by atoms with Crippen molar-refractivity contribution in [1.29, 1.82) is 0 Å². The maximum atomic E-state index is 12.0. The maximum Gasteiger partial charge on any atom is 0.372 e. The number of rotatable bonds is 5. The number of aliphatic carboxylic acids is 1. The van der Waals surface area contributed by atoms with E-state index in [-0.39, 0.29) is 0 Å². The van der Waals surface area contributed by atoms with Crippen molar-refractivity contribution >= 4 is 28.4 Å². The lowest BCUT2D eigenvalue weighted by Crippen LogP contribution is -2.17. The average Bonchev–Trinajstić information content (AvgIpc) is 2.77. The number of hydrogen-bond acceptors (Lipinski definition) is 3. The van der Waals surface area contributed by atoms with Gasteiger partial charge < -0.3 is 9.67 Å². The molecule has 1 N–H and O–H groups in total. The van der Waals surface area contributed by atoms with E-state index in [1.165, 1.54) is 0 Å². The molecule has 0 spiro atoms. The van der Waals surface area contributed by atoms with Crippen LogP contribution in [0, 0.1) is 0 Å². The first kappa shape index (κ1) is 13.0. The van der Waals surface area contributed by atoms with E-state index in [1.54, 1.807) is 18.3 Å². The maximum absolute atomic E-state index is 12.0. The van der Waals surface area contributed by atoms with Crippen molar-refractivity contribution < 1.29 is 19.5 Å². The Morgan fingerprint density at radius 1 is 1.21 bits per heavy atom. The van der Waals surface area contributed by atoms with Crippen LogP contribution in [0.1, 0.15) is 23.7 Å². The zero-order chi connectivity index (χ0) is 14.0. The van der Waals surface area contributed by atoms with Gasteiger partial charge in [0.25, 0.3) is 0 Å². The number of aryl methyl sites for hydroxylation is 1. The minimum atomic E-state index is -1.58. The second-order valence-electron chi connectivity index (χ2n) is 4.17. The van der Waals surface area contributed by atoms with Gasteiger partial charge in [0, 0.05) is 29.2 Å². The standard InChI is InChI=1S/C14H13NO4/c1-2-15-8-10(9-5-3-4-6-11(9)15)12(16)7-13(17)14(18)19/h3-6,8H,2,7H2,1H3,(H,18,19). The van der Waals surface area contributed by atoms with Crippen LogP contribution >= 0.6 is 0 Å². The molecule has 1 aromatic heterocycles. The quantitative estimate of drug-likeness (QED) is 0.505. The predicted octanol–water partition coefficient (Wildman–Crippen LogP) is 1.89. The molecule has 0 radical (unpaired) electrons. The molecule has 19 heavy (non-hydrogen) atoms. The Balaban J connectivity index is 2.42. The summed E-state index contributed by atoms with van der Waals surface area (Å²) in [6.07, 6.45) is 1.06.